The van der Waals surface area contributed by atoms with Crippen LogP contribution in [0.4, 0.5) is 0 Å². The van der Waals surface area contributed by atoms with Crippen molar-refractivity contribution < 1.29 is 142 Å². The molecule has 0 aliphatic carbocycles. The molecule has 5 saturated heterocycles. The maximum Gasteiger partial charge on any atom is 0.236 e. The molecule has 5 fully saturated rings. The lowest BCUT2D eigenvalue weighted by Gasteiger charge is -2.52. The molecule has 18 N–H and O–H groups in total. The molecule has 0 aromatic rings. The molecule has 0 saturated carbocycles. The lowest BCUT2D eigenvalue weighted by molar-refractivity contribution is -0.373. The minimum Gasteiger partial charge on any atom is -0.394 e. The molecule has 17 unspecified atom stereocenters. The Morgan fingerprint density at radius 2 is 1.06 bits per heavy atom. The summed E-state index contributed by atoms with van der Waals surface area (Å²) in [5, 5.41) is 154. The molecule has 0 radical (unpaired) electrons. The zero-order valence-electron chi connectivity index (χ0n) is 59.7. The third-order valence-electron chi connectivity index (χ3n) is 18.5. The number of allylic oxidation sites excluding steroid dienone is 2. The molecular formula is C65H114IN7O29. The second-order valence-corrected chi connectivity index (χ2v) is 28.6. The van der Waals surface area contributed by atoms with E-state index in [1.165, 1.54) is 60.5 Å². The number of hydrogen-bond donors (Lipinski definition) is 18. The van der Waals surface area contributed by atoms with Crippen molar-refractivity contribution in [1.82, 2.24) is 31.9 Å². The highest BCUT2D eigenvalue weighted by Crippen LogP contribution is 2.43. The highest BCUT2D eigenvalue weighted by Gasteiger charge is 2.61. The topological polar surface area (TPSA) is 526 Å². The van der Waals surface area contributed by atoms with Crippen LogP contribution in [0.2, 0.25) is 0 Å². The number of ether oxygens (including phenoxy) is 11. The zero-order valence-corrected chi connectivity index (χ0v) is 61.8. The molecule has 29 atom stereocenters. The number of nitrogens with one attached hydrogen (secondary N) is 6. The highest BCUT2D eigenvalue weighted by molar-refractivity contribution is 14.1. The number of hydrogen-bond acceptors (Lipinski definition) is 31. The van der Waals surface area contributed by atoms with Gasteiger partial charge in [-0.2, -0.15) is 0 Å². The Morgan fingerprint density at radius 3 is 1.51 bits per heavy atom. The van der Waals surface area contributed by atoms with E-state index < -0.39 is 231 Å². The van der Waals surface area contributed by atoms with Gasteiger partial charge in [0.15, 0.2) is 41.3 Å². The first-order chi connectivity index (χ1) is 48.2. The number of unbranched alkanes of at least 4 members (excludes halogenated alkanes) is 11. The molecule has 102 heavy (non-hydrogen) atoms. The predicted molar refractivity (Wildman–Crippen MR) is 363 cm³/mol. The van der Waals surface area contributed by atoms with Gasteiger partial charge in [-0.25, -0.2) is 4.84 Å². The number of aliphatic hydroxyl groups is 12. The average Bonchev–Trinajstić information content (AvgIpc) is 0.758. The number of hydrazine groups is 1. The van der Waals surface area contributed by atoms with Gasteiger partial charge in [0.05, 0.1) is 38.6 Å². The fourth-order valence-corrected chi connectivity index (χ4v) is 13.7. The molecule has 5 amide bonds. The number of amides is 5. The van der Waals surface area contributed by atoms with E-state index in [4.69, 9.17) is 62.4 Å². The van der Waals surface area contributed by atoms with Gasteiger partial charge < -0.3 is 140 Å². The van der Waals surface area contributed by atoms with Crippen LogP contribution in [0.5, 0.6) is 0 Å². The van der Waals surface area contributed by atoms with Gasteiger partial charge in [-0.1, -0.05) is 75.6 Å². The summed E-state index contributed by atoms with van der Waals surface area (Å²) < 4.78 is 64.9. The first kappa shape index (κ1) is 89.1. The van der Waals surface area contributed by atoms with E-state index in [1.54, 1.807) is 22.6 Å². The van der Waals surface area contributed by atoms with E-state index >= 15 is 0 Å². The molecule has 0 aromatic heterocycles. The standard InChI is InChI=1S/C65H114IN7O29/c1-11-12-13-14-15-16-17-18-19-20-21-22-23-24-25-26-43(82)72-73(39(27-67)48(83)32(2)77)102-38(8)94-54-40(28-74)95-60(45(50(54)85)69-35(5)79)98-55-41(29-75)96-61(46(51(55)86)70-36(6)80)99-56-42(30-76)97-62(47(52(56)87)71-37(7)81)100-58-53(88)44(68-34(4)78)59(90)101-65(58,66)31-92-63-64(9,91-10)57(89)49(84)33(3)93-63/h16-17,27,32-33,38-42,44-63,67,74-77,83-90H,11-15,18-26,28-31H2,1-10H3,(H,68,78)(H,69,79)(H,70,80)(H,71,81)(H,72,82)/b17-16-,67-27?/t32?,33?,38-,39?,40?,41?,42?,44?,45?,46?,47?,48+,49-,50?,51?,52?,53?,54-,55-,56-,57?,58+,59-,60+,61+,62+,63-,64?,65?/m1/s1. The Morgan fingerprint density at radius 1 is 0.618 bits per heavy atom. The van der Waals surface area contributed by atoms with Crippen LogP contribution in [0.15, 0.2) is 12.2 Å². The molecule has 36 nitrogen and oxygen atoms in total. The summed E-state index contributed by atoms with van der Waals surface area (Å²) in [5.74, 6) is -3.72. The molecule has 5 rings (SSSR count). The summed E-state index contributed by atoms with van der Waals surface area (Å²) in [6.07, 6.45) is -19.2. The first-order valence-electron chi connectivity index (χ1n) is 35.0. The van der Waals surface area contributed by atoms with Gasteiger partial charge in [0, 0.05) is 47.4 Å². The minimum absolute atomic E-state index is 0.0176. The molecule has 0 bridgehead atoms. The predicted octanol–water partition coefficient (Wildman–Crippen LogP) is -3.08. The lowest BCUT2D eigenvalue weighted by atomic mass is 9.88. The normalized spacial score (nSPS) is 37.1. The summed E-state index contributed by atoms with van der Waals surface area (Å²) in [6, 6.07) is -8.33. The van der Waals surface area contributed by atoms with Crippen LogP contribution in [0.25, 0.3) is 0 Å². The Kier molecular flexibility index (Phi) is 37.5. The summed E-state index contributed by atoms with van der Waals surface area (Å²) in [5.41, 5.74) is 0.783. The van der Waals surface area contributed by atoms with Gasteiger partial charge in [0.2, 0.25) is 29.5 Å². The third kappa shape index (κ3) is 24.5. The second kappa shape index (κ2) is 42.9. The van der Waals surface area contributed by atoms with Crippen LogP contribution < -0.4 is 26.7 Å². The number of carbonyl (C=O) groups is 5. The Hall–Kier alpha value is -3.51. The summed E-state index contributed by atoms with van der Waals surface area (Å²) in [4.78, 5) is 70.7. The van der Waals surface area contributed by atoms with Crippen molar-refractivity contribution in [3.63, 3.8) is 0 Å². The van der Waals surface area contributed by atoms with Gasteiger partial charge >= 0.3 is 0 Å². The number of methoxy groups -OCH3 is 1. The van der Waals surface area contributed by atoms with Crippen molar-refractivity contribution in [1.29, 1.82) is 5.41 Å². The largest absolute Gasteiger partial charge is 0.394 e. The van der Waals surface area contributed by atoms with E-state index in [9.17, 15) is 85.3 Å². The molecule has 5 heterocycles. The van der Waals surface area contributed by atoms with Crippen molar-refractivity contribution in [2.75, 3.05) is 33.5 Å². The summed E-state index contributed by atoms with van der Waals surface area (Å²) in [6.45, 7) is 8.15. The minimum atomic E-state index is -2.06. The summed E-state index contributed by atoms with van der Waals surface area (Å²) >= 11 is 1.64. The third-order valence-corrected chi connectivity index (χ3v) is 19.7. The maximum absolute atomic E-state index is 13.4. The van der Waals surface area contributed by atoms with Gasteiger partial charge in [0.25, 0.3) is 0 Å². The van der Waals surface area contributed by atoms with E-state index in [2.05, 4.69) is 45.8 Å². The highest BCUT2D eigenvalue weighted by atomic mass is 127. The Balaban J connectivity index is 1.32. The number of nitrogens with zero attached hydrogens (tertiary/aromatic N) is 1. The zero-order chi connectivity index (χ0) is 75.9. The molecule has 5 aliphatic heterocycles. The number of carbonyl (C=O) groups excluding carboxylic acids is 5. The van der Waals surface area contributed by atoms with E-state index in [0.717, 1.165) is 84.2 Å². The fourth-order valence-electron chi connectivity index (χ4n) is 12.8. The quantitative estimate of drug-likeness (QED) is 0.00549. The Bertz CT molecular complexity index is 2600. The van der Waals surface area contributed by atoms with Gasteiger partial charge in [-0.15, -0.1) is 0 Å². The second-order valence-electron chi connectivity index (χ2n) is 26.8. The van der Waals surface area contributed by atoms with Crippen LogP contribution in [-0.2, 0) is 80.9 Å². The van der Waals surface area contributed by atoms with Crippen molar-refractivity contribution >= 4 is 58.3 Å². The van der Waals surface area contributed by atoms with Crippen molar-refractivity contribution in [2.45, 2.75) is 327 Å². The van der Waals surface area contributed by atoms with Crippen LogP contribution in [0.1, 0.15) is 152 Å². The lowest BCUT2D eigenvalue weighted by Crippen LogP contribution is -2.73. The first-order valence-corrected chi connectivity index (χ1v) is 36.1. The van der Waals surface area contributed by atoms with E-state index in [-0.39, 0.29) is 6.42 Å². The van der Waals surface area contributed by atoms with Gasteiger partial charge in [-0.05, 0) is 82.4 Å². The molecule has 590 valence electrons. The van der Waals surface area contributed by atoms with Crippen molar-refractivity contribution in [2.24, 2.45) is 0 Å². The molecule has 37 heteroatoms. The van der Waals surface area contributed by atoms with E-state index in [0.29, 0.717) is 12.6 Å². The number of alkyl halides is 1. The molecule has 5 aliphatic rings. The van der Waals surface area contributed by atoms with Crippen LogP contribution in [0.3, 0.4) is 0 Å². The number of halogens is 1. The maximum atomic E-state index is 13.4. The van der Waals surface area contributed by atoms with Crippen LogP contribution in [0, 0.1) is 5.41 Å². The van der Waals surface area contributed by atoms with Crippen molar-refractivity contribution in [3.05, 3.63) is 12.2 Å². The molecule has 0 spiro atoms. The monoisotopic (exact) mass is 1580 g/mol. The Labute approximate surface area is 607 Å². The van der Waals surface area contributed by atoms with Gasteiger partial charge in [0.1, 0.15) is 121 Å². The average molecular weight is 1580 g/mol. The number of aliphatic hydroxyl groups excluding tert-OH is 12. The van der Waals surface area contributed by atoms with Gasteiger partial charge in [-0.3, -0.25) is 29.4 Å². The van der Waals surface area contributed by atoms with Crippen LogP contribution >= 0.6 is 22.6 Å². The number of hydroxylamine groups is 1. The molecule has 0 aromatic carbocycles. The fraction of sp³-hybridized carbons (Fsp3) is 0.877. The SMILES string of the molecule is CCCCCC/C=C\CCCCCCCCCC(=O)NN(O[C@H](C)O[C@@H]1C(CO)O[C@@H](O[C@@H]2C(CO)O[C@@H](O[C@@H]3C(CO)O[C@@H](O[C@H]4C(O)C(NC(C)=O)[C@H](O)OC4(I)CO[C@@H]4OC(C)[C@@H](O)C(O)C4(C)OC)C(NC(C)=O)C3O)C(NC(C)=O)C2O)C(NC(C)=O)C1O)C(C=N)[C@@H](O)C(C)O. The summed E-state index contributed by atoms with van der Waals surface area (Å²) in [7, 11) is 1.22. The molecular weight excluding hydrogens is 1470 g/mol. The van der Waals surface area contributed by atoms with Crippen molar-refractivity contribution in [3.8, 4) is 0 Å². The smallest absolute Gasteiger partial charge is 0.236 e. The number of rotatable bonds is 41. The van der Waals surface area contributed by atoms with E-state index in [1.807, 2.05) is 0 Å². The van der Waals surface area contributed by atoms with Crippen LogP contribution in [-0.4, -0.2) is 311 Å².